The van der Waals surface area contributed by atoms with Crippen LogP contribution in [0.2, 0.25) is 5.02 Å². The molecule has 1 aromatic heterocycles. The number of hydrogen-bond acceptors (Lipinski definition) is 2. The summed E-state index contributed by atoms with van der Waals surface area (Å²) in [4.78, 5) is 23.7. The molecule has 0 aliphatic heterocycles. The highest BCUT2D eigenvalue weighted by Crippen LogP contribution is 2.17. The Labute approximate surface area is 113 Å². The Morgan fingerprint density at radius 3 is 2.68 bits per heavy atom. The van der Waals surface area contributed by atoms with E-state index in [1.807, 2.05) is 0 Å². The fraction of sp³-hybridized carbons (Fsp3) is 0.231. The molecular weight excluding hydrogens is 271 g/mol. The van der Waals surface area contributed by atoms with E-state index >= 15 is 0 Å². The minimum atomic E-state index is -0.459. The van der Waals surface area contributed by atoms with Crippen LogP contribution >= 0.6 is 11.6 Å². The maximum absolute atomic E-state index is 13.2. The van der Waals surface area contributed by atoms with Crippen molar-refractivity contribution in [2.75, 3.05) is 0 Å². The summed E-state index contributed by atoms with van der Waals surface area (Å²) in [5.41, 5.74) is -0.472. The first-order valence-electron chi connectivity index (χ1n) is 5.77. The zero-order chi connectivity index (χ0) is 14.0. The van der Waals surface area contributed by atoms with Gasteiger partial charge < -0.3 is 4.57 Å². The first-order valence-corrected chi connectivity index (χ1v) is 6.15. The first kappa shape index (κ1) is 13.5. The second-order valence-electron chi connectivity index (χ2n) is 4.04. The predicted octanol–water partition coefficient (Wildman–Crippen LogP) is 1.87. The fourth-order valence-corrected chi connectivity index (χ4v) is 1.96. The number of hydrogen-bond donors (Lipinski definition) is 0. The van der Waals surface area contributed by atoms with Gasteiger partial charge in [-0.05, 0) is 30.7 Å². The molecule has 4 nitrogen and oxygen atoms in total. The zero-order valence-electron chi connectivity index (χ0n) is 10.3. The number of benzene rings is 1. The lowest BCUT2D eigenvalue weighted by molar-refractivity contribution is 0.593. The molecule has 19 heavy (non-hydrogen) atoms. The zero-order valence-corrected chi connectivity index (χ0v) is 11.0. The van der Waals surface area contributed by atoms with E-state index in [0.717, 1.165) is 4.57 Å². The number of aromatic nitrogens is 2. The largest absolute Gasteiger partial charge is 0.331 e. The summed E-state index contributed by atoms with van der Waals surface area (Å²) in [6, 6.07) is 5.15. The number of rotatable bonds is 3. The van der Waals surface area contributed by atoms with Crippen LogP contribution in [0.15, 0.2) is 40.1 Å². The summed E-state index contributed by atoms with van der Waals surface area (Å²) in [5, 5.41) is 0.319. The van der Waals surface area contributed by atoms with Crippen LogP contribution in [0.25, 0.3) is 0 Å². The van der Waals surface area contributed by atoms with E-state index < -0.39 is 17.1 Å². The highest BCUT2D eigenvalue weighted by molar-refractivity contribution is 6.31. The van der Waals surface area contributed by atoms with Crippen LogP contribution in [0.5, 0.6) is 0 Å². The van der Waals surface area contributed by atoms with Crippen LogP contribution < -0.4 is 11.2 Å². The summed E-state index contributed by atoms with van der Waals surface area (Å²) in [5.74, 6) is -0.459. The first-order chi connectivity index (χ1) is 9.02. The SMILES string of the molecule is CCn1ccc(=O)n(Cc2cc(F)ccc2Cl)c1=O. The molecule has 6 heteroatoms. The van der Waals surface area contributed by atoms with Crippen molar-refractivity contribution in [2.24, 2.45) is 0 Å². The van der Waals surface area contributed by atoms with Gasteiger partial charge in [-0.25, -0.2) is 9.18 Å². The molecule has 0 atom stereocenters. The second kappa shape index (κ2) is 5.40. The van der Waals surface area contributed by atoms with Crippen molar-refractivity contribution in [3.63, 3.8) is 0 Å². The van der Waals surface area contributed by atoms with Crippen LogP contribution in [0.4, 0.5) is 4.39 Å². The molecular formula is C13H12ClFN2O2. The third-order valence-corrected chi connectivity index (χ3v) is 3.19. The highest BCUT2D eigenvalue weighted by Gasteiger charge is 2.08. The minimum Gasteiger partial charge on any atom is -0.301 e. The Morgan fingerprint density at radius 2 is 2.00 bits per heavy atom. The van der Waals surface area contributed by atoms with Crippen LogP contribution in [0, 0.1) is 5.82 Å². The lowest BCUT2D eigenvalue weighted by atomic mass is 10.2. The molecule has 2 rings (SSSR count). The average molecular weight is 283 g/mol. The van der Waals surface area contributed by atoms with Crippen LogP contribution in [-0.2, 0) is 13.1 Å². The van der Waals surface area contributed by atoms with E-state index in [4.69, 9.17) is 11.6 Å². The van der Waals surface area contributed by atoms with Crippen molar-refractivity contribution >= 4 is 11.6 Å². The Bertz CT molecular complexity index is 721. The van der Waals surface area contributed by atoms with E-state index in [1.165, 1.54) is 35.0 Å². The molecule has 0 aliphatic rings. The predicted molar refractivity (Wildman–Crippen MR) is 71.1 cm³/mol. The molecule has 2 aromatic rings. The van der Waals surface area contributed by atoms with Crippen molar-refractivity contribution in [1.82, 2.24) is 9.13 Å². The summed E-state index contributed by atoms with van der Waals surface area (Å²) in [7, 11) is 0. The molecule has 0 saturated heterocycles. The van der Waals surface area contributed by atoms with Gasteiger partial charge >= 0.3 is 5.69 Å². The highest BCUT2D eigenvalue weighted by atomic mass is 35.5. The van der Waals surface area contributed by atoms with Gasteiger partial charge in [0, 0.05) is 23.8 Å². The Hall–Kier alpha value is -1.88. The van der Waals surface area contributed by atoms with Crippen molar-refractivity contribution in [3.8, 4) is 0 Å². The van der Waals surface area contributed by atoms with Gasteiger partial charge in [-0.3, -0.25) is 9.36 Å². The second-order valence-corrected chi connectivity index (χ2v) is 4.45. The minimum absolute atomic E-state index is 0.0465. The molecule has 0 bridgehead atoms. The maximum Gasteiger partial charge on any atom is 0.331 e. The normalized spacial score (nSPS) is 10.7. The molecule has 0 fully saturated rings. The van der Waals surface area contributed by atoms with Crippen LogP contribution in [0.3, 0.4) is 0 Å². The van der Waals surface area contributed by atoms with Gasteiger partial charge in [-0.2, -0.15) is 0 Å². The van der Waals surface area contributed by atoms with Crippen molar-refractivity contribution < 1.29 is 4.39 Å². The van der Waals surface area contributed by atoms with Gasteiger partial charge in [0.1, 0.15) is 5.82 Å². The molecule has 1 aromatic carbocycles. The molecule has 0 saturated carbocycles. The lowest BCUT2D eigenvalue weighted by Gasteiger charge is -2.09. The van der Waals surface area contributed by atoms with Crippen molar-refractivity contribution in [3.05, 3.63) is 67.7 Å². The van der Waals surface area contributed by atoms with Crippen LogP contribution in [0.1, 0.15) is 12.5 Å². The van der Waals surface area contributed by atoms with Gasteiger partial charge in [0.25, 0.3) is 5.56 Å². The smallest absolute Gasteiger partial charge is 0.301 e. The van der Waals surface area contributed by atoms with Gasteiger partial charge in [0.05, 0.1) is 6.54 Å². The summed E-state index contributed by atoms with van der Waals surface area (Å²) >= 11 is 5.93. The molecule has 0 unspecified atom stereocenters. The van der Waals surface area contributed by atoms with E-state index in [1.54, 1.807) is 6.92 Å². The molecule has 0 aliphatic carbocycles. The van der Waals surface area contributed by atoms with Gasteiger partial charge in [0.15, 0.2) is 0 Å². The van der Waals surface area contributed by atoms with Crippen molar-refractivity contribution in [2.45, 2.75) is 20.0 Å². The maximum atomic E-state index is 13.2. The molecule has 100 valence electrons. The quantitative estimate of drug-likeness (QED) is 0.863. The summed E-state index contributed by atoms with van der Waals surface area (Å²) in [6.45, 7) is 2.20. The third-order valence-electron chi connectivity index (χ3n) is 2.82. The summed E-state index contributed by atoms with van der Waals surface area (Å²) in [6.07, 6.45) is 1.44. The molecule has 0 N–H and O–H groups in total. The topological polar surface area (TPSA) is 44.0 Å². The number of aryl methyl sites for hydroxylation is 1. The van der Waals surface area contributed by atoms with Crippen molar-refractivity contribution in [1.29, 1.82) is 0 Å². The number of nitrogens with zero attached hydrogens (tertiary/aromatic N) is 2. The molecule has 1 heterocycles. The van der Waals surface area contributed by atoms with Gasteiger partial charge in [-0.15, -0.1) is 0 Å². The third kappa shape index (κ3) is 2.76. The van der Waals surface area contributed by atoms with E-state index in [0.29, 0.717) is 17.1 Å². The average Bonchev–Trinajstić information content (AvgIpc) is 2.38. The standard InChI is InChI=1S/C13H12ClFN2O2/c1-2-16-6-5-12(18)17(13(16)19)8-9-7-10(15)3-4-11(9)14/h3-7H,2,8H2,1H3. The van der Waals surface area contributed by atoms with Gasteiger partial charge in [0.2, 0.25) is 0 Å². The Balaban J connectivity index is 2.52. The van der Waals surface area contributed by atoms with Gasteiger partial charge in [-0.1, -0.05) is 11.6 Å². The van der Waals surface area contributed by atoms with E-state index in [2.05, 4.69) is 0 Å². The van der Waals surface area contributed by atoms with Crippen LogP contribution in [-0.4, -0.2) is 9.13 Å². The molecule has 0 amide bonds. The monoisotopic (exact) mass is 282 g/mol. The number of halogens is 2. The molecule has 0 spiro atoms. The lowest BCUT2D eigenvalue weighted by Crippen LogP contribution is -2.39. The Morgan fingerprint density at radius 1 is 1.26 bits per heavy atom. The summed E-state index contributed by atoms with van der Waals surface area (Å²) < 4.78 is 15.6. The molecule has 0 radical (unpaired) electrons. The Kier molecular flexibility index (Phi) is 3.85. The van der Waals surface area contributed by atoms with E-state index in [9.17, 15) is 14.0 Å². The van der Waals surface area contributed by atoms with E-state index in [-0.39, 0.29) is 6.54 Å². The fourth-order valence-electron chi connectivity index (χ4n) is 1.78.